The number of morpholine rings is 1. The van der Waals surface area contributed by atoms with E-state index in [0.29, 0.717) is 31.2 Å². The summed E-state index contributed by atoms with van der Waals surface area (Å²) in [7, 11) is 1.82. The standard InChI is InChI=1S/C31H62N8O/c1-11-12-13-14-25(34-23-19-28(2,3)36-29(4,5)20-23)39(24-21-30(6,7)37-31(8,9)22-24)26(32)35-27(33-10)38-15-17-40-18-16-38/h23-25,34,36-37H,11-22H2,1-10H3,(H2,32,33,35). The number of hydrogen-bond acceptors (Lipinski definition) is 5. The van der Waals surface area contributed by atoms with Crippen LogP contribution in [0.25, 0.3) is 0 Å². The maximum Gasteiger partial charge on any atom is 0.223 e. The topological polar surface area (TPSA) is 103 Å². The summed E-state index contributed by atoms with van der Waals surface area (Å²) in [6.45, 7) is 23.8. The third-order valence-electron chi connectivity index (χ3n) is 8.57. The number of guanidine groups is 2. The Hall–Kier alpha value is -1.42. The maximum atomic E-state index is 7.09. The summed E-state index contributed by atoms with van der Waals surface area (Å²) >= 11 is 0. The fourth-order valence-electron chi connectivity index (χ4n) is 7.85. The molecule has 3 rings (SSSR count). The largest absolute Gasteiger partial charge is 0.378 e. The highest BCUT2D eigenvalue weighted by Gasteiger charge is 2.44. The van der Waals surface area contributed by atoms with Gasteiger partial charge in [0.1, 0.15) is 0 Å². The predicted molar refractivity (Wildman–Crippen MR) is 169 cm³/mol. The van der Waals surface area contributed by atoms with Gasteiger partial charge in [-0.25, -0.2) is 0 Å². The Labute approximate surface area is 245 Å². The van der Waals surface area contributed by atoms with Gasteiger partial charge in [0.15, 0.2) is 0 Å². The molecule has 3 heterocycles. The molecule has 3 aliphatic heterocycles. The predicted octanol–water partition coefficient (Wildman–Crippen LogP) is 4.04. The maximum absolute atomic E-state index is 7.09. The molecule has 1 unspecified atom stereocenters. The molecule has 0 aromatic rings. The molecule has 0 saturated carbocycles. The van der Waals surface area contributed by atoms with Gasteiger partial charge in [0.2, 0.25) is 11.9 Å². The summed E-state index contributed by atoms with van der Waals surface area (Å²) in [5, 5.41) is 11.9. The molecule has 9 nitrogen and oxygen atoms in total. The van der Waals surface area contributed by atoms with Crippen LogP contribution in [0.1, 0.15) is 114 Å². The average molecular weight is 563 g/mol. The lowest BCUT2D eigenvalue weighted by atomic mass is 9.78. The van der Waals surface area contributed by atoms with Crippen molar-refractivity contribution < 1.29 is 4.74 Å². The summed E-state index contributed by atoms with van der Waals surface area (Å²) in [6.07, 6.45) is 8.85. The summed E-state index contributed by atoms with van der Waals surface area (Å²) in [5.41, 5.74) is 7.20. The first-order valence-corrected chi connectivity index (χ1v) is 15.8. The van der Waals surface area contributed by atoms with Crippen LogP contribution in [-0.4, -0.2) is 95.5 Å². The number of nitrogens with one attached hydrogen (secondary N) is 3. The van der Waals surface area contributed by atoms with Crippen molar-refractivity contribution in [2.75, 3.05) is 33.4 Å². The molecule has 0 radical (unpaired) electrons. The molecule has 0 aliphatic carbocycles. The van der Waals surface area contributed by atoms with E-state index in [1.165, 1.54) is 12.8 Å². The second-order valence-electron chi connectivity index (χ2n) is 15.1. The lowest BCUT2D eigenvalue weighted by molar-refractivity contribution is 0.0553. The lowest BCUT2D eigenvalue weighted by Gasteiger charge is -2.53. The number of hydrogen-bond donors (Lipinski definition) is 4. The number of piperidine rings is 2. The van der Waals surface area contributed by atoms with Crippen LogP contribution in [-0.2, 0) is 4.74 Å². The van der Waals surface area contributed by atoms with Crippen molar-refractivity contribution in [3.8, 4) is 0 Å². The van der Waals surface area contributed by atoms with Crippen LogP contribution in [0.4, 0.5) is 0 Å². The van der Waals surface area contributed by atoms with Crippen molar-refractivity contribution in [3.63, 3.8) is 0 Å². The molecule has 0 bridgehead atoms. The average Bonchev–Trinajstić information content (AvgIpc) is 2.79. The smallest absolute Gasteiger partial charge is 0.223 e. The minimum absolute atomic E-state index is 0.0104. The van der Waals surface area contributed by atoms with E-state index in [2.05, 4.69) is 93.1 Å². The molecule has 0 amide bonds. The zero-order valence-electron chi connectivity index (χ0n) is 27.5. The first-order chi connectivity index (χ1) is 18.6. The van der Waals surface area contributed by atoms with Gasteiger partial charge in [-0.05, 0) is 87.5 Å². The van der Waals surface area contributed by atoms with E-state index in [0.717, 1.165) is 51.6 Å². The van der Waals surface area contributed by atoms with E-state index in [1.807, 2.05) is 7.05 Å². The van der Waals surface area contributed by atoms with Crippen LogP contribution in [0.15, 0.2) is 9.98 Å². The third kappa shape index (κ3) is 9.57. The van der Waals surface area contributed by atoms with Crippen molar-refractivity contribution in [3.05, 3.63) is 0 Å². The van der Waals surface area contributed by atoms with Crippen LogP contribution in [0.3, 0.4) is 0 Å². The van der Waals surface area contributed by atoms with Crippen molar-refractivity contribution in [2.24, 2.45) is 15.7 Å². The molecule has 0 aromatic carbocycles. The third-order valence-corrected chi connectivity index (χ3v) is 8.57. The quantitative estimate of drug-likeness (QED) is 0.153. The monoisotopic (exact) mass is 563 g/mol. The SMILES string of the molecule is CCCCCC(NC1CC(C)(C)NC(C)(C)C1)N(C(N)=NC(=NC)N1CCOCC1)C1CC(C)(C)NC(C)(C)C1. The van der Waals surface area contributed by atoms with Crippen molar-refractivity contribution >= 4 is 11.9 Å². The van der Waals surface area contributed by atoms with E-state index in [9.17, 15) is 0 Å². The fourth-order valence-corrected chi connectivity index (χ4v) is 7.85. The molecule has 3 saturated heterocycles. The molecule has 0 aromatic heterocycles. The molecular weight excluding hydrogens is 500 g/mol. The van der Waals surface area contributed by atoms with Crippen molar-refractivity contribution in [1.29, 1.82) is 0 Å². The van der Waals surface area contributed by atoms with E-state index in [4.69, 9.17) is 15.5 Å². The molecule has 9 heteroatoms. The normalized spacial score (nSPS) is 26.5. The molecule has 3 aliphatic rings. The van der Waals surface area contributed by atoms with Gasteiger partial charge in [-0.15, -0.1) is 0 Å². The van der Waals surface area contributed by atoms with E-state index in [1.54, 1.807) is 0 Å². The van der Waals surface area contributed by atoms with Crippen LogP contribution in [0.5, 0.6) is 0 Å². The Morgan fingerprint density at radius 1 is 0.925 bits per heavy atom. The number of ether oxygens (including phenoxy) is 1. The number of rotatable bonds is 8. The molecular formula is C31H62N8O. The summed E-state index contributed by atoms with van der Waals surface area (Å²) in [5.74, 6) is 1.28. The lowest BCUT2D eigenvalue weighted by Crippen LogP contribution is -2.68. The van der Waals surface area contributed by atoms with E-state index < -0.39 is 0 Å². The van der Waals surface area contributed by atoms with E-state index >= 15 is 0 Å². The Balaban J connectivity index is 2.01. The number of nitrogens with two attached hydrogens (primary N) is 1. The van der Waals surface area contributed by atoms with Gasteiger partial charge in [-0.1, -0.05) is 26.2 Å². The van der Waals surface area contributed by atoms with Gasteiger partial charge in [0, 0.05) is 54.4 Å². The molecule has 0 spiro atoms. The summed E-state index contributed by atoms with van der Waals surface area (Å²) < 4.78 is 5.59. The van der Waals surface area contributed by atoms with Crippen molar-refractivity contribution in [1.82, 2.24) is 25.8 Å². The minimum atomic E-state index is -0.0104. The summed E-state index contributed by atoms with van der Waals surface area (Å²) in [6, 6.07) is 0.633. The molecule has 232 valence electrons. The van der Waals surface area contributed by atoms with Crippen LogP contribution >= 0.6 is 0 Å². The Morgan fingerprint density at radius 2 is 1.45 bits per heavy atom. The molecule has 40 heavy (non-hydrogen) atoms. The first kappa shape index (κ1) is 33.1. The molecule has 1 atom stereocenters. The van der Waals surface area contributed by atoms with E-state index in [-0.39, 0.29) is 34.4 Å². The van der Waals surface area contributed by atoms with Gasteiger partial charge in [-0.3, -0.25) is 10.3 Å². The van der Waals surface area contributed by atoms with Gasteiger partial charge in [0.05, 0.1) is 19.4 Å². The highest BCUT2D eigenvalue weighted by Crippen LogP contribution is 2.34. The second-order valence-corrected chi connectivity index (χ2v) is 15.1. The molecule has 5 N–H and O–H groups in total. The zero-order chi connectivity index (χ0) is 29.8. The van der Waals surface area contributed by atoms with Gasteiger partial charge >= 0.3 is 0 Å². The van der Waals surface area contributed by atoms with Gasteiger partial charge < -0.3 is 30.9 Å². The zero-order valence-corrected chi connectivity index (χ0v) is 27.5. The van der Waals surface area contributed by atoms with Crippen LogP contribution in [0.2, 0.25) is 0 Å². The number of aliphatic imine (C=N–C) groups is 2. The first-order valence-electron chi connectivity index (χ1n) is 15.8. The highest BCUT2D eigenvalue weighted by molar-refractivity contribution is 5.94. The molecule has 3 fully saturated rings. The highest BCUT2D eigenvalue weighted by atomic mass is 16.5. The second kappa shape index (κ2) is 13.3. The Kier molecular flexibility index (Phi) is 11.0. The summed E-state index contributed by atoms with van der Waals surface area (Å²) in [4.78, 5) is 14.3. The Morgan fingerprint density at radius 3 is 1.95 bits per heavy atom. The number of unbranched alkanes of at least 4 members (excludes halogenated alkanes) is 2. The van der Waals surface area contributed by atoms with Crippen LogP contribution in [0, 0.1) is 0 Å². The van der Waals surface area contributed by atoms with Crippen molar-refractivity contribution in [2.45, 2.75) is 154 Å². The Bertz CT molecular complexity index is 843. The van der Waals surface area contributed by atoms with Gasteiger partial charge in [-0.2, -0.15) is 4.99 Å². The van der Waals surface area contributed by atoms with Crippen LogP contribution < -0.4 is 21.7 Å². The number of nitrogens with zero attached hydrogens (tertiary/aromatic N) is 4. The minimum Gasteiger partial charge on any atom is -0.378 e. The van der Waals surface area contributed by atoms with Gasteiger partial charge in [0.25, 0.3) is 0 Å². The fraction of sp³-hybridized carbons (Fsp3) is 0.935.